The number of nitrogens with two attached hydrogens (primary N) is 1. The summed E-state index contributed by atoms with van der Waals surface area (Å²) >= 11 is 0. The Bertz CT molecular complexity index is 2600. The average Bonchev–Trinajstić information content (AvgIpc) is 3.95. The van der Waals surface area contributed by atoms with Gasteiger partial charge in [0.25, 0.3) is 5.56 Å². The normalized spacial score (nSPS) is 31.8. The number of anilines is 2. The van der Waals surface area contributed by atoms with Crippen LogP contribution in [0.4, 0.5) is 11.6 Å². The zero-order chi connectivity index (χ0) is 45.5. The minimum Gasteiger partial charge on any atom is -0.387 e. The number of phosphoric ester groups is 2. The van der Waals surface area contributed by atoms with E-state index in [-0.39, 0.29) is 17.0 Å². The van der Waals surface area contributed by atoms with Crippen LogP contribution in [0.3, 0.4) is 0 Å². The van der Waals surface area contributed by atoms with Gasteiger partial charge in [0.2, 0.25) is 0 Å². The molecule has 15 atom stereocenters. The van der Waals surface area contributed by atoms with Crippen LogP contribution in [0.15, 0.2) is 51.6 Å². The van der Waals surface area contributed by atoms with Gasteiger partial charge in [-0.05, 0) is 6.07 Å². The Hall–Kier alpha value is -4.33. The number of aliphatic hydroxyl groups excluding tert-OH is 4. The van der Waals surface area contributed by atoms with E-state index in [9.17, 15) is 63.2 Å². The number of phosphoric acid groups is 2. The maximum atomic E-state index is 13.5. The number of hydrogen-bond donors (Lipinski definition) is 10. The molecule has 4 aromatic rings. The van der Waals surface area contributed by atoms with Crippen LogP contribution in [-0.2, 0) is 50.5 Å². The topological polar surface area (TPSA) is 438 Å². The van der Waals surface area contributed by atoms with Crippen LogP contribution in [0.1, 0.15) is 18.7 Å². The highest BCUT2D eigenvalue weighted by Crippen LogP contribution is 2.52. The third kappa shape index (κ3) is 10.0. The molecule has 7 rings (SSSR count). The van der Waals surface area contributed by atoms with E-state index in [1.165, 1.54) is 17.2 Å². The zero-order valence-corrected chi connectivity index (χ0v) is 34.6. The van der Waals surface area contributed by atoms with Gasteiger partial charge in [-0.1, -0.05) is 0 Å². The summed E-state index contributed by atoms with van der Waals surface area (Å²) in [4.78, 5) is 85.2. The minimum atomic E-state index is -5.44. The number of aromatic nitrogens is 8. The summed E-state index contributed by atoms with van der Waals surface area (Å²) < 4.78 is 83.3. The molecule has 0 bridgehead atoms. The van der Waals surface area contributed by atoms with Crippen molar-refractivity contribution in [2.75, 3.05) is 37.9 Å². The highest BCUT2D eigenvalue weighted by Gasteiger charge is 2.53. The third-order valence-electron chi connectivity index (χ3n) is 9.74. The summed E-state index contributed by atoms with van der Waals surface area (Å²) in [5, 5.41) is 46.5. The number of fused-ring (bicyclic) bond motifs is 1. The Morgan fingerprint density at radius 1 is 0.810 bits per heavy atom. The van der Waals surface area contributed by atoms with Crippen molar-refractivity contribution in [1.29, 1.82) is 0 Å². The Kier molecular flexibility index (Phi) is 13.8. The smallest absolute Gasteiger partial charge is 0.387 e. The van der Waals surface area contributed by atoms with Crippen LogP contribution < -0.4 is 28.0 Å². The molecule has 3 aliphatic rings. The highest BCUT2D eigenvalue weighted by molar-refractivity contribution is 7.47. The number of nitrogens with one attached hydrogen (secondary N) is 2. The van der Waals surface area contributed by atoms with Gasteiger partial charge in [-0.15, -0.1) is 9.42 Å². The molecule has 0 spiro atoms. The molecule has 3 unspecified atom stereocenters. The predicted molar refractivity (Wildman–Crippen MR) is 202 cm³/mol. The van der Waals surface area contributed by atoms with Crippen molar-refractivity contribution in [3.05, 3.63) is 68.5 Å². The molecular formula is C29H38N10O21P3+. The number of nitrogen functional groups attached to an aromatic ring is 1. The Morgan fingerprint density at radius 3 is 1.98 bits per heavy atom. The van der Waals surface area contributed by atoms with Crippen LogP contribution in [0.25, 0.3) is 11.2 Å². The molecule has 7 heterocycles. The summed E-state index contributed by atoms with van der Waals surface area (Å²) in [7, 11) is -12.6. The molecule has 0 aromatic carbocycles. The van der Waals surface area contributed by atoms with Crippen molar-refractivity contribution in [3.8, 4) is 0 Å². The second-order valence-corrected chi connectivity index (χ2v) is 17.3. The molecule has 4 aromatic heterocycles. The summed E-state index contributed by atoms with van der Waals surface area (Å²) in [6.07, 6.45) is -16.9. The highest BCUT2D eigenvalue weighted by atomic mass is 31.2. The minimum absolute atomic E-state index is 0.130. The van der Waals surface area contributed by atoms with Crippen molar-refractivity contribution in [2.24, 2.45) is 0 Å². The van der Waals surface area contributed by atoms with Crippen LogP contribution in [0.2, 0.25) is 0 Å². The van der Waals surface area contributed by atoms with Gasteiger partial charge in [0.1, 0.15) is 79.2 Å². The van der Waals surface area contributed by atoms with Gasteiger partial charge < -0.3 is 55.5 Å². The monoisotopic (exact) mass is 955 g/mol. The summed E-state index contributed by atoms with van der Waals surface area (Å²) in [5.74, 6) is 0.0667. The molecule has 0 radical (unpaired) electrons. The van der Waals surface area contributed by atoms with Crippen molar-refractivity contribution in [1.82, 2.24) is 38.6 Å². The van der Waals surface area contributed by atoms with Crippen LogP contribution in [-0.4, -0.2) is 156 Å². The van der Waals surface area contributed by atoms with E-state index in [2.05, 4.69) is 25.3 Å². The molecule has 0 amide bonds. The largest absolute Gasteiger partial charge is 0.694 e. The fraction of sp³-hybridized carbons (Fsp3) is 0.552. The first-order chi connectivity index (χ1) is 29.8. The molecule has 3 fully saturated rings. The van der Waals surface area contributed by atoms with E-state index < -0.39 is 134 Å². The van der Waals surface area contributed by atoms with Crippen LogP contribution in [0, 0.1) is 0 Å². The average molecular weight is 956 g/mol. The first-order valence-corrected chi connectivity index (χ1v) is 22.2. The van der Waals surface area contributed by atoms with E-state index in [1.807, 2.05) is 4.98 Å². The Morgan fingerprint density at radius 2 is 1.38 bits per heavy atom. The summed E-state index contributed by atoms with van der Waals surface area (Å²) in [6.45, 7) is -2.91. The fourth-order valence-electron chi connectivity index (χ4n) is 6.83. The Balaban J connectivity index is 1.07. The van der Waals surface area contributed by atoms with Crippen molar-refractivity contribution in [2.45, 2.75) is 73.6 Å². The summed E-state index contributed by atoms with van der Waals surface area (Å²) in [6, 6.07) is 2.07. The van der Waals surface area contributed by atoms with Gasteiger partial charge in [0.15, 0.2) is 30.1 Å². The lowest BCUT2D eigenvalue weighted by Gasteiger charge is -2.25. The third-order valence-corrected chi connectivity index (χ3v) is 12.1. The molecule has 3 aliphatic heterocycles. The Labute approximate surface area is 350 Å². The lowest BCUT2D eigenvalue weighted by Crippen LogP contribution is -2.38. The fourth-order valence-corrected chi connectivity index (χ4v) is 9.04. The van der Waals surface area contributed by atoms with Crippen molar-refractivity contribution < 1.29 is 85.6 Å². The number of nitrogens with zero attached hydrogens (tertiary/aromatic N) is 7. The molecule has 0 saturated carbocycles. The molecule has 31 nitrogen and oxygen atoms in total. The number of H-pyrrole nitrogens is 1. The van der Waals surface area contributed by atoms with E-state index >= 15 is 0 Å². The molecule has 3 saturated heterocycles. The van der Waals surface area contributed by atoms with Gasteiger partial charge in [-0.2, -0.15) is 4.98 Å². The van der Waals surface area contributed by atoms with Crippen LogP contribution in [0.5, 0.6) is 0 Å². The number of ether oxygens (including phenoxy) is 3. The number of imidazole rings is 1. The first kappa shape index (κ1) is 46.7. The van der Waals surface area contributed by atoms with Gasteiger partial charge >= 0.3 is 35.3 Å². The SMILES string of the molecule is CNc1ncnc2c1ncn2[C@@H]1O[C@H](CO[P+](=O)O)[C@@H](OP(=O)(O)OC[C@H]2O[C@@H](n3ccc(N)nc3=O)[C@H](O)[C@@H]2OP(=O)(O)OC[C@H]2O[C@@H](n3ccc(=O)[nH]c3=O)[C@H](O)[C@@H]2O)[C@H]1O. The molecule has 63 heavy (non-hydrogen) atoms. The molecule has 0 aliphatic carbocycles. The van der Waals surface area contributed by atoms with Gasteiger partial charge in [0.05, 0.1) is 19.5 Å². The van der Waals surface area contributed by atoms with E-state index in [0.717, 1.165) is 29.1 Å². The lowest BCUT2D eigenvalue weighted by atomic mass is 10.1. The molecule has 34 heteroatoms. The first-order valence-electron chi connectivity index (χ1n) is 18.1. The summed E-state index contributed by atoms with van der Waals surface area (Å²) in [5.41, 5.74) is 3.06. The van der Waals surface area contributed by atoms with E-state index in [4.69, 9.17) is 42.6 Å². The second-order valence-electron chi connectivity index (χ2n) is 13.7. The van der Waals surface area contributed by atoms with Crippen molar-refractivity contribution in [3.63, 3.8) is 0 Å². The quantitative estimate of drug-likeness (QED) is 0.0452. The molecule has 344 valence electrons. The van der Waals surface area contributed by atoms with Crippen molar-refractivity contribution >= 4 is 46.7 Å². The van der Waals surface area contributed by atoms with Gasteiger partial charge in [0, 0.05) is 30.1 Å². The van der Waals surface area contributed by atoms with Gasteiger partial charge in [-0.25, -0.2) is 33.7 Å². The number of rotatable bonds is 17. The maximum Gasteiger partial charge on any atom is 0.694 e. The number of aliphatic hydroxyl groups is 4. The molecular weight excluding hydrogens is 917 g/mol. The second kappa shape index (κ2) is 18.6. The lowest BCUT2D eigenvalue weighted by molar-refractivity contribution is -0.0638. The number of hydrogen-bond acceptors (Lipinski definition) is 24. The number of aromatic amines is 1. The predicted octanol–water partition coefficient (Wildman–Crippen LogP) is -3.94. The zero-order valence-electron chi connectivity index (χ0n) is 31.9. The molecule has 11 N–H and O–H groups in total. The van der Waals surface area contributed by atoms with Gasteiger partial charge in [-0.3, -0.25) is 41.6 Å². The maximum absolute atomic E-state index is 13.5. The standard InChI is InChI=1S/C29H37N10O21P3/c1-31-23-16-24(33-9-32-23)39(10-34-16)27-20(44)21(12(57-27)6-53-61(47)48)59-63(51,52)55-8-13-22(19(43)26(58-13)37-4-2-14(30)35-28(37)45)60-62(49,50)54-7-11-17(41)18(42)25(56-11)38-5-3-15(40)36-29(38)46/h2-5,9-13,17-22,25-27,41-44H,6-8H2,1H3,(H6-,30,31,32,33,35,36,40,45,46,47,48,49,50,51,52)/p+1/t11-,12-,13-,17-,18-,19-,20-,21-,22-,25-,26-,27-/m1/s1. The van der Waals surface area contributed by atoms with Crippen LogP contribution >= 0.6 is 23.9 Å². The van der Waals surface area contributed by atoms with E-state index in [1.54, 1.807) is 7.05 Å². The van der Waals surface area contributed by atoms with E-state index in [0.29, 0.717) is 10.4 Å².